The van der Waals surface area contributed by atoms with Gasteiger partial charge in [0, 0.05) is 25.5 Å². The van der Waals surface area contributed by atoms with E-state index in [2.05, 4.69) is 10.3 Å². The summed E-state index contributed by atoms with van der Waals surface area (Å²) in [6.07, 6.45) is 6.04. The number of nitrogens with one attached hydrogen (secondary N) is 1. The van der Waals surface area contributed by atoms with Crippen molar-refractivity contribution in [1.29, 1.82) is 0 Å². The average molecular weight is 378 g/mol. The summed E-state index contributed by atoms with van der Waals surface area (Å²) >= 11 is 12.1. The van der Waals surface area contributed by atoms with E-state index in [0.29, 0.717) is 21.3 Å². The maximum absolute atomic E-state index is 12.6. The molecular formula is C18H17Cl2N3O2. The van der Waals surface area contributed by atoms with Crippen LogP contribution < -0.4 is 5.32 Å². The normalized spacial score (nSPS) is 14.2. The Labute approximate surface area is 155 Å². The lowest BCUT2D eigenvalue weighted by Gasteiger charge is -2.26. The molecule has 0 spiro atoms. The van der Waals surface area contributed by atoms with Gasteiger partial charge in [-0.2, -0.15) is 0 Å². The molecule has 2 amide bonds. The zero-order chi connectivity index (χ0) is 17.8. The summed E-state index contributed by atoms with van der Waals surface area (Å²) in [5, 5.41) is 3.36. The molecule has 0 radical (unpaired) electrons. The Morgan fingerprint density at radius 2 is 1.64 bits per heavy atom. The van der Waals surface area contributed by atoms with Crippen molar-refractivity contribution in [3.05, 3.63) is 57.8 Å². The van der Waals surface area contributed by atoms with Gasteiger partial charge in [0.25, 0.3) is 11.8 Å². The Morgan fingerprint density at radius 1 is 1.00 bits per heavy atom. The number of nitrogens with zero attached hydrogens (tertiary/aromatic N) is 2. The summed E-state index contributed by atoms with van der Waals surface area (Å²) in [4.78, 5) is 30.9. The van der Waals surface area contributed by atoms with Gasteiger partial charge >= 0.3 is 0 Å². The van der Waals surface area contributed by atoms with Gasteiger partial charge in [-0.3, -0.25) is 14.6 Å². The van der Waals surface area contributed by atoms with E-state index < -0.39 is 5.91 Å². The van der Waals surface area contributed by atoms with Crippen LogP contribution in [0.3, 0.4) is 0 Å². The number of rotatable bonds is 3. The van der Waals surface area contributed by atoms with Crippen molar-refractivity contribution < 1.29 is 9.59 Å². The van der Waals surface area contributed by atoms with E-state index in [1.54, 1.807) is 29.2 Å². The largest absolute Gasteiger partial charge is 0.339 e. The number of likely N-dealkylation sites (tertiary alicyclic amines) is 1. The highest BCUT2D eigenvalue weighted by molar-refractivity contribution is 6.40. The topological polar surface area (TPSA) is 62.3 Å². The number of hydrogen-bond acceptors (Lipinski definition) is 3. The second-order valence-corrected chi connectivity index (χ2v) is 6.68. The Hall–Kier alpha value is -2.11. The number of carbonyl (C=O) groups excluding carboxylic acids is 2. The van der Waals surface area contributed by atoms with Crippen LogP contribution in [0.2, 0.25) is 10.0 Å². The molecule has 1 N–H and O–H groups in total. The van der Waals surface area contributed by atoms with E-state index in [-0.39, 0.29) is 11.5 Å². The van der Waals surface area contributed by atoms with Crippen LogP contribution in [0.15, 0.2) is 36.7 Å². The molecule has 3 rings (SSSR count). The number of amides is 2. The number of para-hydroxylation sites is 1. The van der Waals surface area contributed by atoms with Crippen molar-refractivity contribution in [2.75, 3.05) is 18.4 Å². The van der Waals surface area contributed by atoms with Crippen LogP contribution in [0.5, 0.6) is 0 Å². The first kappa shape index (κ1) is 17.7. The van der Waals surface area contributed by atoms with Crippen molar-refractivity contribution in [2.45, 2.75) is 19.3 Å². The molecule has 0 bridgehead atoms. The predicted octanol–water partition coefficient (Wildman–Crippen LogP) is 4.27. The second kappa shape index (κ2) is 7.85. The molecule has 2 aromatic rings. The Kier molecular flexibility index (Phi) is 5.56. The first-order chi connectivity index (χ1) is 12.1. The number of piperidine rings is 1. The number of halogens is 2. The first-order valence-electron chi connectivity index (χ1n) is 8.06. The highest BCUT2D eigenvalue weighted by Crippen LogP contribution is 2.30. The molecule has 1 aromatic heterocycles. The number of pyridine rings is 1. The molecule has 0 aliphatic carbocycles. The van der Waals surface area contributed by atoms with Crippen LogP contribution in [0, 0.1) is 0 Å². The molecule has 25 heavy (non-hydrogen) atoms. The lowest BCUT2D eigenvalue weighted by Crippen LogP contribution is -2.35. The zero-order valence-electron chi connectivity index (χ0n) is 13.5. The maximum Gasteiger partial charge on any atom is 0.257 e. The minimum atomic E-state index is -0.421. The van der Waals surface area contributed by atoms with Crippen LogP contribution in [-0.4, -0.2) is 34.8 Å². The molecule has 0 atom stereocenters. The molecule has 1 saturated heterocycles. The highest BCUT2D eigenvalue weighted by atomic mass is 35.5. The van der Waals surface area contributed by atoms with Crippen LogP contribution in [0.4, 0.5) is 5.69 Å². The predicted molar refractivity (Wildman–Crippen MR) is 98.4 cm³/mol. The van der Waals surface area contributed by atoms with Gasteiger partial charge < -0.3 is 10.2 Å². The van der Waals surface area contributed by atoms with Crippen molar-refractivity contribution in [1.82, 2.24) is 9.88 Å². The third-order valence-electron chi connectivity index (χ3n) is 4.09. The smallest absolute Gasteiger partial charge is 0.257 e. The molecule has 1 fully saturated rings. The summed E-state index contributed by atoms with van der Waals surface area (Å²) in [5.41, 5.74) is 1.02. The van der Waals surface area contributed by atoms with Gasteiger partial charge in [-0.15, -0.1) is 0 Å². The molecule has 0 saturated carbocycles. The van der Waals surface area contributed by atoms with Gasteiger partial charge in [0.05, 0.1) is 26.9 Å². The third kappa shape index (κ3) is 4.11. The summed E-state index contributed by atoms with van der Waals surface area (Å²) in [7, 11) is 0. The Balaban J connectivity index is 1.78. The van der Waals surface area contributed by atoms with Crippen molar-refractivity contribution >= 4 is 40.7 Å². The van der Waals surface area contributed by atoms with Crippen LogP contribution in [0.25, 0.3) is 0 Å². The highest BCUT2D eigenvalue weighted by Gasteiger charge is 2.20. The van der Waals surface area contributed by atoms with Crippen LogP contribution in [-0.2, 0) is 0 Å². The van der Waals surface area contributed by atoms with Gasteiger partial charge in [0.15, 0.2) is 0 Å². The van der Waals surface area contributed by atoms with Gasteiger partial charge in [-0.1, -0.05) is 29.3 Å². The van der Waals surface area contributed by atoms with Crippen LogP contribution in [0.1, 0.15) is 40.0 Å². The van der Waals surface area contributed by atoms with Crippen LogP contribution >= 0.6 is 23.2 Å². The fourth-order valence-corrected chi connectivity index (χ4v) is 3.26. The zero-order valence-corrected chi connectivity index (χ0v) is 15.0. The standard InChI is InChI=1S/C18H17Cl2N3O2/c19-14-5-4-6-15(20)16(14)22-17(24)12-9-13(11-21-10-12)18(25)23-7-2-1-3-8-23/h4-6,9-11H,1-3,7-8H2,(H,22,24). The van der Waals surface area contributed by atoms with Gasteiger partial charge in [0.1, 0.15) is 0 Å². The van der Waals surface area contributed by atoms with Crippen molar-refractivity contribution in [3.63, 3.8) is 0 Å². The number of aromatic nitrogens is 1. The van der Waals surface area contributed by atoms with Gasteiger partial charge in [-0.25, -0.2) is 0 Å². The SMILES string of the molecule is O=C(Nc1c(Cl)cccc1Cl)c1cncc(C(=O)N2CCCCC2)c1. The van der Waals surface area contributed by atoms with Crippen molar-refractivity contribution in [2.24, 2.45) is 0 Å². The van der Waals surface area contributed by atoms with E-state index in [4.69, 9.17) is 23.2 Å². The van der Waals surface area contributed by atoms with E-state index in [1.807, 2.05) is 0 Å². The monoisotopic (exact) mass is 377 g/mol. The minimum absolute atomic E-state index is 0.0994. The fourth-order valence-electron chi connectivity index (χ4n) is 2.76. The lowest BCUT2D eigenvalue weighted by atomic mass is 10.1. The summed E-state index contributed by atoms with van der Waals surface area (Å²) in [5.74, 6) is -0.520. The summed E-state index contributed by atoms with van der Waals surface area (Å²) < 4.78 is 0. The summed E-state index contributed by atoms with van der Waals surface area (Å²) in [6, 6.07) is 6.51. The molecule has 130 valence electrons. The number of carbonyl (C=O) groups is 2. The Morgan fingerprint density at radius 3 is 2.32 bits per heavy atom. The first-order valence-corrected chi connectivity index (χ1v) is 8.81. The van der Waals surface area contributed by atoms with E-state index >= 15 is 0 Å². The molecule has 1 aromatic carbocycles. The molecule has 5 nitrogen and oxygen atoms in total. The van der Waals surface area contributed by atoms with E-state index in [1.165, 1.54) is 12.4 Å². The van der Waals surface area contributed by atoms with E-state index in [9.17, 15) is 9.59 Å². The van der Waals surface area contributed by atoms with Gasteiger partial charge in [-0.05, 0) is 37.5 Å². The lowest BCUT2D eigenvalue weighted by molar-refractivity contribution is 0.0724. The number of benzene rings is 1. The molecule has 1 aliphatic heterocycles. The minimum Gasteiger partial charge on any atom is -0.339 e. The number of anilines is 1. The summed E-state index contributed by atoms with van der Waals surface area (Å²) in [6.45, 7) is 1.48. The molecular weight excluding hydrogens is 361 g/mol. The fraction of sp³-hybridized carbons (Fsp3) is 0.278. The molecule has 7 heteroatoms. The maximum atomic E-state index is 12.6. The van der Waals surface area contributed by atoms with Crippen molar-refractivity contribution in [3.8, 4) is 0 Å². The average Bonchev–Trinajstić information content (AvgIpc) is 2.65. The molecule has 2 heterocycles. The van der Waals surface area contributed by atoms with E-state index in [0.717, 1.165) is 32.4 Å². The molecule has 1 aliphatic rings. The Bertz CT molecular complexity index is 784. The number of hydrogen-bond donors (Lipinski definition) is 1. The quantitative estimate of drug-likeness (QED) is 0.868. The third-order valence-corrected chi connectivity index (χ3v) is 4.72. The molecule has 0 unspecified atom stereocenters. The second-order valence-electron chi connectivity index (χ2n) is 5.87. The van der Waals surface area contributed by atoms with Gasteiger partial charge in [0.2, 0.25) is 0 Å².